The summed E-state index contributed by atoms with van der Waals surface area (Å²) in [7, 11) is 0. The Morgan fingerprint density at radius 1 is 1.20 bits per heavy atom. The molecular formula is C27H27ClN4O3. The molecule has 0 saturated carbocycles. The molecule has 5 rings (SSSR count). The van der Waals surface area contributed by atoms with Crippen LogP contribution < -0.4 is 15.4 Å². The molecule has 1 atom stereocenters. The maximum atomic E-state index is 13.3. The minimum absolute atomic E-state index is 0.0650. The molecule has 0 bridgehead atoms. The van der Waals surface area contributed by atoms with E-state index in [1.54, 1.807) is 22.9 Å². The van der Waals surface area contributed by atoms with Crippen molar-refractivity contribution in [2.75, 3.05) is 17.2 Å². The number of ether oxygens (including phenoxy) is 1. The van der Waals surface area contributed by atoms with E-state index in [0.717, 1.165) is 17.0 Å². The topological polar surface area (TPSA) is 85.2 Å². The number of fused-ring (bicyclic) bond motifs is 1. The Hall–Kier alpha value is -3.58. The maximum Gasteiger partial charge on any atom is 0.261 e. The average Bonchev–Trinajstić information content (AvgIpc) is 3.22. The summed E-state index contributed by atoms with van der Waals surface area (Å²) in [6.45, 7) is 6.64. The second-order valence-electron chi connectivity index (χ2n) is 9.65. The minimum atomic E-state index is -0.509. The summed E-state index contributed by atoms with van der Waals surface area (Å²) in [6, 6.07) is 14.2. The first-order valence-electron chi connectivity index (χ1n) is 11.7. The molecule has 1 aliphatic heterocycles. The Morgan fingerprint density at radius 2 is 1.94 bits per heavy atom. The highest BCUT2D eigenvalue weighted by Gasteiger charge is 2.42. The summed E-state index contributed by atoms with van der Waals surface area (Å²) in [5.74, 6) is 1.05. The van der Waals surface area contributed by atoms with Crippen molar-refractivity contribution in [2.45, 2.75) is 39.7 Å². The number of carbonyl (C=O) groups is 2. The van der Waals surface area contributed by atoms with Gasteiger partial charge in [-0.15, -0.1) is 0 Å². The highest BCUT2D eigenvalue weighted by Crippen LogP contribution is 2.47. The molecule has 0 unspecified atom stereocenters. The number of nitrogens with one attached hydrogen (secondary N) is 2. The van der Waals surface area contributed by atoms with E-state index < -0.39 is 6.04 Å². The lowest BCUT2D eigenvalue weighted by Gasteiger charge is -2.39. The molecule has 180 valence electrons. The van der Waals surface area contributed by atoms with Crippen molar-refractivity contribution in [1.29, 1.82) is 0 Å². The lowest BCUT2D eigenvalue weighted by molar-refractivity contribution is -0.118. The predicted octanol–water partition coefficient (Wildman–Crippen LogP) is 5.85. The first kappa shape index (κ1) is 23.2. The normalized spacial score (nSPS) is 18.4. The van der Waals surface area contributed by atoms with Crippen LogP contribution in [0.25, 0.3) is 0 Å². The van der Waals surface area contributed by atoms with Crippen LogP contribution in [0.15, 0.2) is 66.0 Å². The van der Waals surface area contributed by atoms with Gasteiger partial charge in [0.1, 0.15) is 23.2 Å². The summed E-state index contributed by atoms with van der Waals surface area (Å²) in [4.78, 5) is 26.6. The van der Waals surface area contributed by atoms with Gasteiger partial charge in [-0.3, -0.25) is 9.59 Å². The van der Waals surface area contributed by atoms with Crippen molar-refractivity contribution >= 4 is 34.8 Å². The summed E-state index contributed by atoms with van der Waals surface area (Å²) in [6.07, 6.45) is 2.65. The van der Waals surface area contributed by atoms with Gasteiger partial charge in [-0.25, -0.2) is 4.68 Å². The number of nitrogens with zero attached hydrogens (tertiary/aromatic N) is 2. The van der Waals surface area contributed by atoms with Gasteiger partial charge in [0.2, 0.25) is 0 Å². The van der Waals surface area contributed by atoms with E-state index in [9.17, 15) is 9.59 Å². The quantitative estimate of drug-likeness (QED) is 0.469. The largest absolute Gasteiger partial charge is 0.494 e. The number of carbonyl (C=O) groups excluding carboxylic acids is 2. The van der Waals surface area contributed by atoms with Crippen LogP contribution in [0, 0.1) is 5.41 Å². The van der Waals surface area contributed by atoms with Crippen LogP contribution in [-0.2, 0) is 4.79 Å². The number of hydrogen-bond donors (Lipinski definition) is 2. The lowest BCUT2D eigenvalue weighted by atomic mass is 9.73. The Morgan fingerprint density at radius 3 is 2.66 bits per heavy atom. The zero-order valence-corrected chi connectivity index (χ0v) is 20.6. The van der Waals surface area contributed by atoms with Crippen LogP contribution in [0.3, 0.4) is 0 Å². The fraction of sp³-hybridized carbons (Fsp3) is 0.296. The molecule has 0 fully saturated rings. The second kappa shape index (κ2) is 8.89. The van der Waals surface area contributed by atoms with Crippen LogP contribution in [0.1, 0.15) is 55.6 Å². The fourth-order valence-corrected chi connectivity index (χ4v) is 5.10. The van der Waals surface area contributed by atoms with Gasteiger partial charge in [0.25, 0.3) is 5.91 Å². The third-order valence-electron chi connectivity index (χ3n) is 6.37. The summed E-state index contributed by atoms with van der Waals surface area (Å²) in [5.41, 5.74) is 3.09. The molecule has 2 aliphatic rings. The third kappa shape index (κ3) is 4.32. The van der Waals surface area contributed by atoms with Crippen molar-refractivity contribution < 1.29 is 14.3 Å². The third-order valence-corrected chi connectivity index (χ3v) is 6.71. The van der Waals surface area contributed by atoms with E-state index >= 15 is 0 Å². The maximum absolute atomic E-state index is 13.3. The zero-order chi connectivity index (χ0) is 24.7. The van der Waals surface area contributed by atoms with Crippen molar-refractivity contribution in [3.05, 3.63) is 82.1 Å². The standard InChI is InChI=1S/C27H27ClN4O3/c1-4-35-17-11-9-16(10-12-17)30-26(34)19-15-29-32-24(18-7-5-6-8-20(18)28)23-21(31-25(19)32)13-27(2,3)14-22(23)33/h5-12,15,24,31H,4,13-14H2,1-3H3,(H,30,34)/t24-/m0/s1. The van der Waals surface area contributed by atoms with E-state index in [-0.39, 0.29) is 17.1 Å². The minimum Gasteiger partial charge on any atom is -0.494 e. The van der Waals surface area contributed by atoms with Crippen molar-refractivity contribution in [3.63, 3.8) is 0 Å². The number of benzene rings is 2. The Bertz CT molecular complexity index is 1340. The lowest BCUT2D eigenvalue weighted by Crippen LogP contribution is -2.37. The molecule has 0 saturated heterocycles. The highest BCUT2D eigenvalue weighted by molar-refractivity contribution is 6.31. The van der Waals surface area contributed by atoms with E-state index in [2.05, 4.69) is 29.6 Å². The molecule has 2 N–H and O–H groups in total. The van der Waals surface area contributed by atoms with Crippen LogP contribution in [0.4, 0.5) is 11.5 Å². The summed E-state index contributed by atoms with van der Waals surface area (Å²) in [5, 5.41) is 11.4. The number of Topliss-reactive ketones (excluding diaryl/α,β-unsaturated/α-hetero) is 1. The van der Waals surface area contributed by atoms with Gasteiger partial charge in [-0.2, -0.15) is 5.10 Å². The van der Waals surface area contributed by atoms with Crippen molar-refractivity contribution in [2.24, 2.45) is 5.41 Å². The van der Waals surface area contributed by atoms with Crippen molar-refractivity contribution in [1.82, 2.24) is 9.78 Å². The SMILES string of the molecule is CCOc1ccc(NC(=O)c2cnn3c2NC2=C(C(=O)CC(C)(C)C2)[C@@H]3c2ccccc2Cl)cc1. The number of halogens is 1. The van der Waals surface area contributed by atoms with E-state index in [0.29, 0.717) is 47.1 Å². The smallest absolute Gasteiger partial charge is 0.261 e. The molecule has 3 aromatic rings. The van der Waals surface area contributed by atoms with E-state index in [1.807, 2.05) is 37.3 Å². The first-order valence-corrected chi connectivity index (χ1v) is 12.0. The van der Waals surface area contributed by atoms with Gasteiger partial charge in [0.05, 0.1) is 12.8 Å². The van der Waals surface area contributed by atoms with Crippen LogP contribution in [0.5, 0.6) is 5.75 Å². The number of aromatic nitrogens is 2. The average molecular weight is 491 g/mol. The Kier molecular flexibility index (Phi) is 5.89. The number of hydrogen-bond acceptors (Lipinski definition) is 5. The molecule has 2 aromatic carbocycles. The number of allylic oxidation sites excluding steroid dienone is 2. The number of rotatable bonds is 5. The molecule has 2 heterocycles. The highest BCUT2D eigenvalue weighted by atomic mass is 35.5. The van der Waals surface area contributed by atoms with E-state index in [4.69, 9.17) is 16.3 Å². The molecule has 0 radical (unpaired) electrons. The van der Waals surface area contributed by atoms with Gasteiger partial charge < -0.3 is 15.4 Å². The Balaban J connectivity index is 1.54. The van der Waals surface area contributed by atoms with Gasteiger partial charge in [0.15, 0.2) is 5.78 Å². The molecule has 8 heteroatoms. The first-order chi connectivity index (χ1) is 16.8. The molecule has 0 spiro atoms. The molecular weight excluding hydrogens is 464 g/mol. The molecule has 35 heavy (non-hydrogen) atoms. The fourth-order valence-electron chi connectivity index (χ4n) is 4.86. The van der Waals surface area contributed by atoms with Gasteiger partial charge >= 0.3 is 0 Å². The van der Waals surface area contributed by atoms with Crippen LogP contribution in [0.2, 0.25) is 5.02 Å². The number of amides is 1. The second-order valence-corrected chi connectivity index (χ2v) is 10.1. The van der Waals surface area contributed by atoms with Crippen LogP contribution in [-0.4, -0.2) is 28.1 Å². The van der Waals surface area contributed by atoms with Gasteiger partial charge in [-0.1, -0.05) is 43.6 Å². The molecule has 1 aromatic heterocycles. The molecule has 1 amide bonds. The molecule has 7 nitrogen and oxygen atoms in total. The summed E-state index contributed by atoms with van der Waals surface area (Å²) >= 11 is 6.59. The van der Waals surface area contributed by atoms with E-state index in [1.165, 1.54) is 6.20 Å². The zero-order valence-electron chi connectivity index (χ0n) is 19.9. The predicted molar refractivity (Wildman–Crippen MR) is 136 cm³/mol. The van der Waals surface area contributed by atoms with Gasteiger partial charge in [-0.05, 0) is 54.7 Å². The summed E-state index contributed by atoms with van der Waals surface area (Å²) < 4.78 is 7.17. The van der Waals surface area contributed by atoms with Gasteiger partial charge in [0, 0.05) is 28.4 Å². The number of anilines is 2. The number of ketones is 1. The monoisotopic (exact) mass is 490 g/mol. The molecule has 1 aliphatic carbocycles. The van der Waals surface area contributed by atoms with Crippen molar-refractivity contribution in [3.8, 4) is 5.75 Å². The Labute approximate surface area is 209 Å². The van der Waals surface area contributed by atoms with Crippen LogP contribution >= 0.6 is 11.6 Å².